The first-order chi connectivity index (χ1) is 14.1. The van der Waals surface area contributed by atoms with E-state index in [-0.39, 0.29) is 23.8 Å². The minimum Gasteiger partial charge on any atom is -0.508 e. The Morgan fingerprint density at radius 3 is 2.69 bits per heavy atom. The molecule has 0 radical (unpaired) electrons. The third-order valence-corrected chi connectivity index (χ3v) is 7.11. The molecule has 1 aromatic carbocycles. The van der Waals surface area contributed by atoms with Crippen molar-refractivity contribution in [2.75, 3.05) is 19.6 Å². The molecular weight excluding hydrogens is 384 g/mol. The number of amides is 1. The summed E-state index contributed by atoms with van der Waals surface area (Å²) in [5, 5.41) is 22.3. The van der Waals surface area contributed by atoms with E-state index in [0.29, 0.717) is 25.9 Å². The standard InChI is InChI=1S/C23H24N2O3S/c26-16-8-11-24(12-9-16)23(28)18-5-6-19(17-3-1-2-4-20(17)27)25-13-7-15-10-14-29-22(15)21(18)25/h1-6,10,14,16,19,26-27H,7-9,11-13H2. The number of aliphatic hydroxyl groups is 1. The number of hydrogen-bond acceptors (Lipinski definition) is 5. The number of aliphatic hydroxyl groups excluding tert-OH is 1. The van der Waals surface area contributed by atoms with Crippen LogP contribution < -0.4 is 0 Å². The number of phenols is 1. The first-order valence-electron chi connectivity index (χ1n) is 10.1. The lowest BCUT2D eigenvalue weighted by Gasteiger charge is -2.41. The average molecular weight is 409 g/mol. The predicted molar refractivity (Wildman–Crippen MR) is 113 cm³/mol. The Bertz CT molecular complexity index is 1000. The van der Waals surface area contributed by atoms with Gasteiger partial charge in [-0.2, -0.15) is 0 Å². The van der Waals surface area contributed by atoms with E-state index >= 15 is 0 Å². The Balaban J connectivity index is 1.57. The number of piperidine rings is 1. The molecule has 0 aliphatic carbocycles. The largest absolute Gasteiger partial charge is 0.508 e. The fraction of sp³-hybridized carbons (Fsp3) is 0.348. The fourth-order valence-electron chi connectivity index (χ4n) is 4.57. The van der Waals surface area contributed by atoms with E-state index in [2.05, 4.69) is 16.3 Å². The Morgan fingerprint density at radius 1 is 1.10 bits per heavy atom. The molecule has 150 valence electrons. The molecule has 1 saturated heterocycles. The average Bonchev–Trinajstić information content (AvgIpc) is 3.23. The van der Waals surface area contributed by atoms with Crippen LogP contribution in [-0.2, 0) is 11.2 Å². The van der Waals surface area contributed by atoms with Gasteiger partial charge in [-0.25, -0.2) is 0 Å². The highest BCUT2D eigenvalue weighted by Crippen LogP contribution is 2.45. The number of fused-ring (bicyclic) bond motifs is 3. The number of likely N-dealkylation sites (tertiary alicyclic amines) is 1. The van der Waals surface area contributed by atoms with Crippen molar-refractivity contribution in [2.45, 2.75) is 31.4 Å². The highest BCUT2D eigenvalue weighted by atomic mass is 32.1. The molecule has 0 bridgehead atoms. The molecule has 2 N–H and O–H groups in total. The first kappa shape index (κ1) is 18.5. The van der Waals surface area contributed by atoms with Gasteiger partial charge >= 0.3 is 0 Å². The zero-order valence-electron chi connectivity index (χ0n) is 16.1. The van der Waals surface area contributed by atoms with Gasteiger partial charge < -0.3 is 20.0 Å². The minimum absolute atomic E-state index is 0.0325. The Labute approximate surface area is 174 Å². The molecule has 1 unspecified atom stereocenters. The number of carbonyl (C=O) groups is 1. The van der Waals surface area contributed by atoms with Gasteiger partial charge in [0.15, 0.2) is 0 Å². The van der Waals surface area contributed by atoms with Gasteiger partial charge in [-0.05, 0) is 48.4 Å². The molecule has 1 fully saturated rings. The first-order valence-corrected chi connectivity index (χ1v) is 11.0. The van der Waals surface area contributed by atoms with Crippen molar-refractivity contribution >= 4 is 22.9 Å². The Kier molecular flexibility index (Phi) is 4.68. The van der Waals surface area contributed by atoms with E-state index in [4.69, 9.17) is 0 Å². The van der Waals surface area contributed by atoms with Gasteiger partial charge in [-0.3, -0.25) is 4.79 Å². The maximum absolute atomic E-state index is 13.4. The lowest BCUT2D eigenvalue weighted by Crippen LogP contribution is -2.43. The van der Waals surface area contributed by atoms with Crippen LogP contribution in [0.25, 0.3) is 5.70 Å². The second-order valence-corrected chi connectivity index (χ2v) is 8.78. The molecule has 0 saturated carbocycles. The molecular formula is C23H24N2O3S. The number of thiophene rings is 1. The number of aromatic hydroxyl groups is 1. The quantitative estimate of drug-likeness (QED) is 0.800. The minimum atomic E-state index is -0.306. The summed E-state index contributed by atoms with van der Waals surface area (Å²) in [6.07, 6.45) is 5.85. The Morgan fingerprint density at radius 2 is 1.90 bits per heavy atom. The van der Waals surface area contributed by atoms with E-state index in [1.165, 1.54) is 5.56 Å². The molecule has 6 heteroatoms. The summed E-state index contributed by atoms with van der Waals surface area (Å²) in [4.78, 5) is 18.7. The summed E-state index contributed by atoms with van der Waals surface area (Å²) in [6, 6.07) is 9.48. The molecule has 4 heterocycles. The Hall–Kier alpha value is -2.57. The van der Waals surface area contributed by atoms with Crippen molar-refractivity contribution in [3.8, 4) is 5.75 Å². The van der Waals surface area contributed by atoms with Crippen molar-refractivity contribution in [3.05, 3.63) is 69.4 Å². The van der Waals surface area contributed by atoms with Crippen LogP contribution in [0.1, 0.15) is 34.9 Å². The lowest BCUT2D eigenvalue weighted by atomic mass is 9.91. The summed E-state index contributed by atoms with van der Waals surface area (Å²) < 4.78 is 0. The molecule has 29 heavy (non-hydrogen) atoms. The van der Waals surface area contributed by atoms with Gasteiger partial charge in [0.25, 0.3) is 5.91 Å². The number of carbonyl (C=O) groups excluding carboxylic acids is 1. The van der Waals surface area contributed by atoms with E-state index in [1.807, 2.05) is 35.3 Å². The highest BCUT2D eigenvalue weighted by molar-refractivity contribution is 7.11. The molecule has 1 amide bonds. The van der Waals surface area contributed by atoms with Crippen LogP contribution in [0.3, 0.4) is 0 Å². The molecule has 2 aromatic rings. The number of para-hydroxylation sites is 1. The lowest BCUT2D eigenvalue weighted by molar-refractivity contribution is -0.128. The second-order valence-electron chi connectivity index (χ2n) is 7.87. The maximum Gasteiger partial charge on any atom is 0.256 e. The predicted octanol–water partition coefficient (Wildman–Crippen LogP) is 3.32. The number of hydrogen-bond donors (Lipinski definition) is 2. The van der Waals surface area contributed by atoms with Crippen LogP contribution >= 0.6 is 11.3 Å². The van der Waals surface area contributed by atoms with Gasteiger partial charge in [-0.15, -0.1) is 11.3 Å². The summed E-state index contributed by atoms with van der Waals surface area (Å²) in [7, 11) is 0. The van der Waals surface area contributed by atoms with Gasteiger partial charge in [0.05, 0.1) is 28.3 Å². The molecule has 1 atom stereocenters. The summed E-state index contributed by atoms with van der Waals surface area (Å²) >= 11 is 1.67. The molecule has 1 aromatic heterocycles. The third-order valence-electron chi connectivity index (χ3n) is 6.14. The highest BCUT2D eigenvalue weighted by Gasteiger charge is 2.36. The third kappa shape index (κ3) is 3.16. The number of nitrogens with zero attached hydrogens (tertiary/aromatic N) is 2. The van der Waals surface area contributed by atoms with Crippen molar-refractivity contribution in [1.82, 2.24) is 9.80 Å². The number of phenolic OH excluding ortho intramolecular Hbond substituents is 1. The zero-order valence-corrected chi connectivity index (χ0v) is 16.9. The SMILES string of the molecule is O=C(C1=C2c3sccc3CCN2C(c2ccccc2O)C=C1)N1CCC(O)CC1. The smallest absolute Gasteiger partial charge is 0.256 e. The van der Waals surface area contributed by atoms with E-state index in [1.54, 1.807) is 17.4 Å². The van der Waals surface area contributed by atoms with Gasteiger partial charge in [-0.1, -0.05) is 24.3 Å². The normalized spacial score (nSPS) is 21.9. The summed E-state index contributed by atoms with van der Waals surface area (Å²) in [5.74, 6) is 0.309. The van der Waals surface area contributed by atoms with E-state index in [0.717, 1.165) is 34.7 Å². The van der Waals surface area contributed by atoms with Gasteiger partial charge in [0, 0.05) is 25.2 Å². The van der Waals surface area contributed by atoms with Crippen LogP contribution in [0.4, 0.5) is 0 Å². The van der Waals surface area contributed by atoms with Crippen molar-refractivity contribution in [3.63, 3.8) is 0 Å². The second kappa shape index (κ2) is 7.35. The monoisotopic (exact) mass is 408 g/mol. The summed E-state index contributed by atoms with van der Waals surface area (Å²) in [6.45, 7) is 1.98. The van der Waals surface area contributed by atoms with Crippen LogP contribution in [0.5, 0.6) is 5.75 Å². The van der Waals surface area contributed by atoms with Gasteiger partial charge in [0.1, 0.15) is 5.75 Å². The molecule has 0 spiro atoms. The van der Waals surface area contributed by atoms with Crippen molar-refractivity contribution in [2.24, 2.45) is 0 Å². The molecule has 5 rings (SSSR count). The molecule has 3 aliphatic rings. The van der Waals surface area contributed by atoms with Crippen LogP contribution in [0.2, 0.25) is 0 Å². The van der Waals surface area contributed by atoms with E-state index < -0.39 is 0 Å². The molecule has 5 nitrogen and oxygen atoms in total. The topological polar surface area (TPSA) is 64.0 Å². The van der Waals surface area contributed by atoms with Crippen LogP contribution in [0, 0.1) is 0 Å². The fourth-order valence-corrected chi connectivity index (χ4v) is 5.60. The zero-order chi connectivity index (χ0) is 20.0. The van der Waals surface area contributed by atoms with E-state index in [9.17, 15) is 15.0 Å². The number of rotatable bonds is 2. The van der Waals surface area contributed by atoms with Crippen LogP contribution in [-0.4, -0.2) is 51.7 Å². The van der Waals surface area contributed by atoms with Crippen molar-refractivity contribution in [1.29, 1.82) is 0 Å². The van der Waals surface area contributed by atoms with Crippen molar-refractivity contribution < 1.29 is 15.0 Å². The number of benzene rings is 1. The maximum atomic E-state index is 13.4. The van der Waals surface area contributed by atoms with Gasteiger partial charge in [0.2, 0.25) is 0 Å². The molecule has 3 aliphatic heterocycles. The summed E-state index contributed by atoms with van der Waals surface area (Å²) in [5.41, 5.74) is 3.84. The van der Waals surface area contributed by atoms with Crippen LogP contribution in [0.15, 0.2) is 53.4 Å².